The summed E-state index contributed by atoms with van der Waals surface area (Å²) < 4.78 is 5.24. The molecule has 0 aromatic carbocycles. The van der Waals surface area contributed by atoms with Crippen LogP contribution in [0.15, 0.2) is 29.0 Å². The molecule has 0 fully saturated rings. The first kappa shape index (κ1) is 13.5. The second-order valence-electron chi connectivity index (χ2n) is 3.33. The summed E-state index contributed by atoms with van der Waals surface area (Å²) in [6, 6.07) is 1.77. The summed E-state index contributed by atoms with van der Waals surface area (Å²) >= 11 is 6.04. The average Bonchev–Trinajstić information content (AvgIpc) is 2.36. The van der Waals surface area contributed by atoms with E-state index >= 15 is 0 Å². The molecule has 0 aliphatic carbocycles. The highest BCUT2D eigenvalue weighted by molar-refractivity contribution is 6.30. The van der Waals surface area contributed by atoms with E-state index in [9.17, 15) is 0 Å². The molecule has 4 nitrogen and oxygen atoms in total. The highest BCUT2D eigenvalue weighted by Gasteiger charge is 2.10. The number of methoxy groups -OCH3 is 1. The molecular formula is C12H16ClN3O. The van der Waals surface area contributed by atoms with Crippen LogP contribution in [0.1, 0.15) is 12.5 Å². The Labute approximate surface area is 106 Å². The summed E-state index contributed by atoms with van der Waals surface area (Å²) in [5, 5.41) is 0.425. The molecule has 0 saturated carbocycles. The summed E-state index contributed by atoms with van der Waals surface area (Å²) in [6.45, 7) is 2.68. The molecule has 0 amide bonds. The molecule has 0 radical (unpaired) electrons. The van der Waals surface area contributed by atoms with Crippen molar-refractivity contribution >= 4 is 17.8 Å². The number of nitrogens with zero attached hydrogens (tertiary/aromatic N) is 2. The molecule has 0 unspecified atom stereocenters. The molecule has 1 heterocycles. The first-order valence-electron chi connectivity index (χ1n) is 5.30. The van der Waals surface area contributed by atoms with Crippen molar-refractivity contribution in [2.24, 2.45) is 10.7 Å². The van der Waals surface area contributed by atoms with E-state index in [1.807, 2.05) is 6.92 Å². The van der Waals surface area contributed by atoms with Crippen molar-refractivity contribution in [1.29, 1.82) is 0 Å². The fourth-order valence-corrected chi connectivity index (χ4v) is 1.58. The zero-order chi connectivity index (χ0) is 12.7. The van der Waals surface area contributed by atoms with Crippen molar-refractivity contribution in [3.63, 3.8) is 0 Å². The Morgan fingerprint density at radius 2 is 2.41 bits per heavy atom. The van der Waals surface area contributed by atoms with Gasteiger partial charge in [-0.2, -0.15) is 0 Å². The molecule has 0 saturated heterocycles. The van der Waals surface area contributed by atoms with E-state index in [1.54, 1.807) is 25.6 Å². The van der Waals surface area contributed by atoms with Crippen LogP contribution < -0.4 is 10.5 Å². The smallest absolute Gasteiger partial charge is 0.136 e. The van der Waals surface area contributed by atoms with Crippen LogP contribution in [-0.2, 0) is 6.42 Å². The number of hydrogen-bond donors (Lipinski definition) is 1. The Morgan fingerprint density at radius 1 is 1.65 bits per heavy atom. The monoisotopic (exact) mass is 253 g/mol. The summed E-state index contributed by atoms with van der Waals surface area (Å²) in [6.07, 6.45) is 5.41. The Morgan fingerprint density at radius 3 is 3.00 bits per heavy atom. The van der Waals surface area contributed by atoms with Crippen molar-refractivity contribution in [2.75, 3.05) is 13.7 Å². The van der Waals surface area contributed by atoms with E-state index in [2.05, 4.69) is 9.98 Å². The molecule has 0 aliphatic rings. The molecule has 0 bridgehead atoms. The van der Waals surface area contributed by atoms with Crippen LogP contribution in [0.4, 0.5) is 0 Å². The highest BCUT2D eigenvalue weighted by atomic mass is 35.5. The van der Waals surface area contributed by atoms with E-state index in [4.69, 9.17) is 22.1 Å². The number of aliphatic imine (C=N–C) groups is 1. The van der Waals surface area contributed by atoms with Gasteiger partial charge in [-0.3, -0.25) is 4.99 Å². The third kappa shape index (κ3) is 3.75. The van der Waals surface area contributed by atoms with Gasteiger partial charge in [0.25, 0.3) is 0 Å². The van der Waals surface area contributed by atoms with Gasteiger partial charge in [0.15, 0.2) is 0 Å². The van der Waals surface area contributed by atoms with Crippen molar-refractivity contribution < 1.29 is 4.74 Å². The standard InChI is InChI=1S/C12H16ClN3O/c1-3-15-8-9(7-14)6-10-11(17-2)4-5-16-12(10)13/h4-5,7-8H,3,6,14H2,1-2H3. The van der Waals surface area contributed by atoms with E-state index in [0.717, 1.165) is 17.7 Å². The van der Waals surface area contributed by atoms with Crippen molar-refractivity contribution in [3.05, 3.63) is 34.8 Å². The van der Waals surface area contributed by atoms with Gasteiger partial charge in [-0.25, -0.2) is 4.98 Å². The van der Waals surface area contributed by atoms with E-state index in [1.165, 1.54) is 6.20 Å². The van der Waals surface area contributed by atoms with Crippen molar-refractivity contribution in [3.8, 4) is 5.75 Å². The first-order valence-corrected chi connectivity index (χ1v) is 5.68. The number of allylic oxidation sites excluding steroid dienone is 1. The van der Waals surface area contributed by atoms with Crippen LogP contribution >= 0.6 is 11.6 Å². The lowest BCUT2D eigenvalue weighted by Gasteiger charge is -2.09. The fraction of sp³-hybridized carbons (Fsp3) is 0.333. The zero-order valence-electron chi connectivity index (χ0n) is 9.98. The molecule has 92 valence electrons. The number of hydrogen-bond acceptors (Lipinski definition) is 4. The molecule has 5 heteroatoms. The lowest BCUT2D eigenvalue weighted by Crippen LogP contribution is -2.01. The fourth-order valence-electron chi connectivity index (χ4n) is 1.36. The number of aromatic nitrogens is 1. The van der Waals surface area contributed by atoms with Gasteiger partial charge >= 0.3 is 0 Å². The maximum atomic E-state index is 6.04. The molecule has 2 N–H and O–H groups in total. The van der Waals surface area contributed by atoms with Gasteiger partial charge in [-0.1, -0.05) is 11.6 Å². The van der Waals surface area contributed by atoms with E-state index in [0.29, 0.717) is 17.3 Å². The molecule has 1 rings (SSSR count). The van der Waals surface area contributed by atoms with Gasteiger partial charge in [0, 0.05) is 30.9 Å². The minimum atomic E-state index is 0.425. The van der Waals surface area contributed by atoms with Crippen LogP contribution in [0.25, 0.3) is 0 Å². The normalized spacial score (nSPS) is 12.1. The minimum Gasteiger partial charge on any atom is -0.496 e. The van der Waals surface area contributed by atoms with Gasteiger partial charge in [0.2, 0.25) is 0 Å². The summed E-state index contributed by atoms with van der Waals surface area (Å²) in [5.41, 5.74) is 7.24. The largest absolute Gasteiger partial charge is 0.496 e. The van der Waals surface area contributed by atoms with Crippen molar-refractivity contribution in [1.82, 2.24) is 4.98 Å². The van der Waals surface area contributed by atoms with Crippen molar-refractivity contribution in [2.45, 2.75) is 13.3 Å². The molecule has 17 heavy (non-hydrogen) atoms. The molecule has 0 spiro atoms. The van der Waals surface area contributed by atoms with Crippen LogP contribution in [0, 0.1) is 0 Å². The number of ether oxygens (including phenoxy) is 1. The predicted octanol–water partition coefficient (Wildman–Crippen LogP) is 2.22. The highest BCUT2D eigenvalue weighted by Crippen LogP contribution is 2.26. The first-order chi connectivity index (χ1) is 8.22. The van der Waals surface area contributed by atoms with Gasteiger partial charge in [-0.15, -0.1) is 0 Å². The number of rotatable bonds is 5. The Hall–Kier alpha value is -1.55. The SMILES string of the molecule is CCN=CC(=CN)Cc1c(OC)ccnc1Cl. The average molecular weight is 254 g/mol. The maximum absolute atomic E-state index is 6.04. The molecule has 0 atom stereocenters. The zero-order valence-corrected chi connectivity index (χ0v) is 10.7. The second kappa shape index (κ2) is 6.91. The van der Waals surface area contributed by atoms with Gasteiger partial charge in [-0.05, 0) is 24.8 Å². The Balaban J connectivity index is 2.97. The third-order valence-corrected chi connectivity index (χ3v) is 2.54. The summed E-state index contributed by atoms with van der Waals surface area (Å²) in [4.78, 5) is 8.17. The minimum absolute atomic E-state index is 0.425. The van der Waals surface area contributed by atoms with Crippen LogP contribution in [0.2, 0.25) is 5.15 Å². The Kier molecular flexibility index (Phi) is 5.49. The van der Waals surface area contributed by atoms with Gasteiger partial charge in [0.1, 0.15) is 10.9 Å². The summed E-state index contributed by atoms with van der Waals surface area (Å²) in [7, 11) is 1.60. The number of pyridine rings is 1. The molecule has 1 aromatic heterocycles. The topological polar surface area (TPSA) is 60.5 Å². The quantitative estimate of drug-likeness (QED) is 0.647. The lowest BCUT2D eigenvalue weighted by molar-refractivity contribution is 0.410. The predicted molar refractivity (Wildman–Crippen MR) is 70.8 cm³/mol. The van der Waals surface area contributed by atoms with Crippen LogP contribution in [0.5, 0.6) is 5.75 Å². The van der Waals surface area contributed by atoms with Gasteiger partial charge in [0.05, 0.1) is 7.11 Å². The molecular weight excluding hydrogens is 238 g/mol. The maximum Gasteiger partial charge on any atom is 0.136 e. The lowest BCUT2D eigenvalue weighted by atomic mass is 10.1. The third-order valence-electron chi connectivity index (χ3n) is 2.21. The second-order valence-corrected chi connectivity index (χ2v) is 3.69. The Bertz CT molecular complexity index is 430. The van der Waals surface area contributed by atoms with Gasteiger partial charge < -0.3 is 10.5 Å². The van der Waals surface area contributed by atoms with Crippen LogP contribution in [0.3, 0.4) is 0 Å². The van der Waals surface area contributed by atoms with E-state index < -0.39 is 0 Å². The van der Waals surface area contributed by atoms with Crippen LogP contribution in [-0.4, -0.2) is 24.9 Å². The molecule has 0 aliphatic heterocycles. The number of halogens is 1. The summed E-state index contributed by atoms with van der Waals surface area (Å²) in [5.74, 6) is 0.703. The number of nitrogens with two attached hydrogens (primary N) is 1. The molecule has 1 aromatic rings. The van der Waals surface area contributed by atoms with E-state index in [-0.39, 0.29) is 0 Å².